The number of aromatic amines is 1. The van der Waals surface area contributed by atoms with Gasteiger partial charge < -0.3 is 4.74 Å². The number of benzene rings is 1. The van der Waals surface area contributed by atoms with E-state index in [2.05, 4.69) is 19.9 Å². The van der Waals surface area contributed by atoms with Gasteiger partial charge in [-0.2, -0.15) is 5.10 Å². The van der Waals surface area contributed by atoms with E-state index < -0.39 is 6.36 Å². The molecule has 0 spiro atoms. The topological polar surface area (TPSA) is 72.8 Å². The molecule has 0 atom stereocenters. The van der Waals surface area contributed by atoms with E-state index in [4.69, 9.17) is 0 Å². The van der Waals surface area contributed by atoms with Crippen molar-refractivity contribution < 1.29 is 17.9 Å². The van der Waals surface area contributed by atoms with E-state index in [1.807, 2.05) is 0 Å². The van der Waals surface area contributed by atoms with E-state index in [9.17, 15) is 18.0 Å². The standard InChI is InChI=1S/C18H11F3N4O2/c19-18(20,21)27-13-5-3-12(4-6-13)25-10-15(11-8-23-24-9-11)16-14(17(25)26)2-1-7-22-16/h1-10H,(H,23,24). The lowest BCUT2D eigenvalue weighted by Gasteiger charge is -2.12. The number of fused-ring (bicyclic) bond motifs is 1. The van der Waals surface area contributed by atoms with E-state index in [0.717, 1.165) is 17.7 Å². The first-order chi connectivity index (χ1) is 12.9. The predicted molar refractivity (Wildman–Crippen MR) is 91.6 cm³/mol. The van der Waals surface area contributed by atoms with Gasteiger partial charge in [0.1, 0.15) is 5.75 Å². The minimum absolute atomic E-state index is 0.338. The van der Waals surface area contributed by atoms with E-state index in [1.165, 1.54) is 16.7 Å². The average molecular weight is 372 g/mol. The number of pyridine rings is 2. The molecule has 3 heterocycles. The highest BCUT2D eigenvalue weighted by molar-refractivity contribution is 5.92. The Labute approximate surface area is 149 Å². The van der Waals surface area contributed by atoms with Crippen molar-refractivity contribution in [2.45, 2.75) is 6.36 Å². The monoisotopic (exact) mass is 372 g/mol. The smallest absolute Gasteiger partial charge is 0.406 e. The van der Waals surface area contributed by atoms with Gasteiger partial charge in [0.05, 0.1) is 17.1 Å². The molecule has 0 unspecified atom stereocenters. The van der Waals surface area contributed by atoms with Crippen LogP contribution in [0, 0.1) is 0 Å². The summed E-state index contributed by atoms with van der Waals surface area (Å²) in [6, 6.07) is 8.35. The second-order valence-electron chi connectivity index (χ2n) is 5.65. The molecule has 0 aliphatic heterocycles. The van der Waals surface area contributed by atoms with Crippen molar-refractivity contribution in [2.24, 2.45) is 0 Å². The van der Waals surface area contributed by atoms with Gasteiger partial charge >= 0.3 is 6.36 Å². The Morgan fingerprint density at radius 1 is 1.11 bits per heavy atom. The summed E-state index contributed by atoms with van der Waals surface area (Å²) in [6.07, 6.45) is 1.65. The summed E-state index contributed by atoms with van der Waals surface area (Å²) in [4.78, 5) is 17.1. The molecule has 0 fully saturated rings. The Hall–Kier alpha value is -3.62. The van der Waals surface area contributed by atoms with E-state index in [-0.39, 0.29) is 11.3 Å². The molecular formula is C18H11F3N4O2. The molecule has 3 aromatic heterocycles. The molecule has 4 aromatic rings. The first-order valence-corrected chi connectivity index (χ1v) is 7.78. The third-order valence-electron chi connectivity index (χ3n) is 3.93. The summed E-state index contributed by atoms with van der Waals surface area (Å²) < 4.78 is 42.2. The Kier molecular flexibility index (Phi) is 3.91. The van der Waals surface area contributed by atoms with Crippen LogP contribution in [0.15, 0.2) is 66.0 Å². The predicted octanol–water partition coefficient (Wildman–Crippen LogP) is 3.67. The van der Waals surface area contributed by atoms with Crippen LogP contribution in [-0.4, -0.2) is 26.1 Å². The fraction of sp³-hybridized carbons (Fsp3) is 0.0556. The molecule has 0 radical (unpaired) electrons. The van der Waals surface area contributed by atoms with E-state index in [0.29, 0.717) is 22.2 Å². The Balaban J connectivity index is 1.87. The van der Waals surface area contributed by atoms with Crippen molar-refractivity contribution in [1.82, 2.24) is 19.7 Å². The zero-order valence-electron chi connectivity index (χ0n) is 13.6. The van der Waals surface area contributed by atoms with Gasteiger partial charge in [0.15, 0.2) is 0 Å². The zero-order chi connectivity index (χ0) is 19.0. The molecule has 1 N–H and O–H groups in total. The second-order valence-corrected chi connectivity index (χ2v) is 5.65. The summed E-state index contributed by atoms with van der Waals surface area (Å²) in [6.45, 7) is 0. The second kappa shape index (κ2) is 6.27. The van der Waals surface area contributed by atoms with Crippen LogP contribution in [0.5, 0.6) is 5.75 Å². The van der Waals surface area contributed by atoms with Crippen molar-refractivity contribution in [3.63, 3.8) is 0 Å². The van der Waals surface area contributed by atoms with Crippen LogP contribution >= 0.6 is 0 Å². The van der Waals surface area contributed by atoms with Gasteiger partial charge in [-0.05, 0) is 36.4 Å². The quantitative estimate of drug-likeness (QED) is 0.596. The zero-order valence-corrected chi connectivity index (χ0v) is 13.6. The van der Waals surface area contributed by atoms with Crippen molar-refractivity contribution in [1.29, 1.82) is 0 Å². The summed E-state index contributed by atoms with van der Waals surface area (Å²) in [5, 5.41) is 7.00. The normalized spacial score (nSPS) is 11.7. The highest BCUT2D eigenvalue weighted by Gasteiger charge is 2.31. The largest absolute Gasteiger partial charge is 0.573 e. The van der Waals surface area contributed by atoms with Gasteiger partial charge in [0, 0.05) is 35.4 Å². The third-order valence-corrected chi connectivity index (χ3v) is 3.93. The number of halogens is 3. The lowest BCUT2D eigenvalue weighted by Crippen LogP contribution is -2.19. The SMILES string of the molecule is O=c1c2cccnc2c(-c2cn[nH]c2)cn1-c1ccc(OC(F)(F)F)cc1. The maximum atomic E-state index is 12.9. The molecule has 27 heavy (non-hydrogen) atoms. The molecule has 0 saturated carbocycles. The average Bonchev–Trinajstić information content (AvgIpc) is 3.16. The maximum Gasteiger partial charge on any atom is 0.573 e. The first kappa shape index (κ1) is 16.8. The van der Waals surface area contributed by atoms with Crippen molar-refractivity contribution in [3.05, 3.63) is 71.5 Å². The van der Waals surface area contributed by atoms with Crippen LogP contribution in [0.25, 0.3) is 27.7 Å². The number of alkyl halides is 3. The number of nitrogens with zero attached hydrogens (tertiary/aromatic N) is 3. The van der Waals surface area contributed by atoms with Crippen LogP contribution < -0.4 is 10.3 Å². The van der Waals surface area contributed by atoms with Gasteiger partial charge in [-0.3, -0.25) is 19.4 Å². The fourth-order valence-corrected chi connectivity index (χ4v) is 2.78. The first-order valence-electron chi connectivity index (χ1n) is 7.78. The Bertz CT molecular complexity index is 1150. The number of aromatic nitrogens is 4. The Morgan fingerprint density at radius 2 is 1.89 bits per heavy atom. The lowest BCUT2D eigenvalue weighted by molar-refractivity contribution is -0.274. The van der Waals surface area contributed by atoms with E-state index >= 15 is 0 Å². The molecule has 6 nitrogen and oxygen atoms in total. The molecule has 0 bridgehead atoms. The number of hydrogen-bond acceptors (Lipinski definition) is 4. The minimum atomic E-state index is -4.78. The minimum Gasteiger partial charge on any atom is -0.406 e. The number of nitrogens with one attached hydrogen (secondary N) is 1. The van der Waals surface area contributed by atoms with Gasteiger partial charge in [-0.15, -0.1) is 13.2 Å². The van der Waals surface area contributed by atoms with E-state index in [1.54, 1.807) is 36.9 Å². The van der Waals surface area contributed by atoms with Crippen LogP contribution in [-0.2, 0) is 0 Å². The molecule has 0 saturated heterocycles. The molecule has 136 valence electrons. The molecule has 9 heteroatoms. The van der Waals surface area contributed by atoms with Gasteiger partial charge in [-0.1, -0.05) is 0 Å². The van der Waals surface area contributed by atoms with Crippen LogP contribution in [0.1, 0.15) is 0 Å². The fourth-order valence-electron chi connectivity index (χ4n) is 2.78. The molecule has 4 rings (SSSR count). The molecule has 0 aliphatic carbocycles. The number of ether oxygens (including phenoxy) is 1. The highest BCUT2D eigenvalue weighted by atomic mass is 19.4. The summed E-state index contributed by atoms with van der Waals surface area (Å²) in [5.41, 5.74) is 1.95. The molecule has 1 aromatic carbocycles. The number of rotatable bonds is 3. The molecule has 0 amide bonds. The summed E-state index contributed by atoms with van der Waals surface area (Å²) >= 11 is 0. The van der Waals surface area contributed by atoms with Gasteiger partial charge in [0.2, 0.25) is 0 Å². The van der Waals surface area contributed by atoms with Crippen molar-refractivity contribution >= 4 is 10.9 Å². The molecule has 0 aliphatic rings. The van der Waals surface area contributed by atoms with Gasteiger partial charge in [0.25, 0.3) is 5.56 Å². The molecular weight excluding hydrogens is 361 g/mol. The Morgan fingerprint density at radius 3 is 2.56 bits per heavy atom. The lowest BCUT2D eigenvalue weighted by atomic mass is 10.1. The van der Waals surface area contributed by atoms with Crippen molar-refractivity contribution in [2.75, 3.05) is 0 Å². The third kappa shape index (κ3) is 3.26. The highest BCUT2D eigenvalue weighted by Crippen LogP contribution is 2.27. The maximum absolute atomic E-state index is 12.9. The van der Waals surface area contributed by atoms with Crippen molar-refractivity contribution in [3.8, 4) is 22.6 Å². The van der Waals surface area contributed by atoms with Crippen LogP contribution in [0.4, 0.5) is 13.2 Å². The number of H-pyrrole nitrogens is 1. The summed E-state index contributed by atoms with van der Waals surface area (Å²) in [5.74, 6) is -0.364. The number of hydrogen-bond donors (Lipinski definition) is 1. The van der Waals surface area contributed by atoms with Crippen LogP contribution in [0.2, 0.25) is 0 Å². The summed E-state index contributed by atoms with van der Waals surface area (Å²) in [7, 11) is 0. The van der Waals surface area contributed by atoms with Crippen LogP contribution in [0.3, 0.4) is 0 Å². The van der Waals surface area contributed by atoms with Gasteiger partial charge in [-0.25, -0.2) is 0 Å².